The molecule has 0 fully saturated rings. The van der Waals surface area contributed by atoms with Crippen molar-refractivity contribution in [2.75, 3.05) is 0 Å². The summed E-state index contributed by atoms with van der Waals surface area (Å²) in [5.74, 6) is -1.01. The third-order valence-electron chi connectivity index (χ3n) is 3.42. The fraction of sp³-hybridized carbons (Fsp3) is 0.125. The Labute approximate surface area is 131 Å². The molecule has 0 saturated heterocycles. The zero-order valence-electron chi connectivity index (χ0n) is 11.4. The average molecular weight is 320 g/mol. The van der Waals surface area contributed by atoms with Crippen LogP contribution in [0.3, 0.4) is 0 Å². The lowest BCUT2D eigenvalue weighted by Gasteiger charge is -2.22. The first-order valence-corrected chi connectivity index (χ1v) is 7.02. The van der Waals surface area contributed by atoms with E-state index in [-0.39, 0.29) is 5.82 Å². The summed E-state index contributed by atoms with van der Waals surface area (Å²) in [4.78, 5) is 3.77. The number of hydrogen-bond donors (Lipinski definition) is 0. The zero-order chi connectivity index (χ0) is 15.5. The van der Waals surface area contributed by atoms with Gasteiger partial charge in [0.15, 0.2) is 0 Å². The van der Waals surface area contributed by atoms with Crippen molar-refractivity contribution in [3.05, 3.63) is 83.2 Å². The highest BCUT2D eigenvalue weighted by Crippen LogP contribution is 2.36. The maximum absolute atomic E-state index is 14.9. The summed E-state index contributed by atoms with van der Waals surface area (Å²) < 4.78 is 29.2. The Bertz CT molecular complexity index is 682. The van der Waals surface area contributed by atoms with Gasteiger partial charge in [-0.3, -0.25) is 0 Å². The van der Waals surface area contributed by atoms with Gasteiger partial charge in [0, 0.05) is 5.02 Å². The summed E-state index contributed by atoms with van der Waals surface area (Å²) in [7, 11) is 0. The SMILES string of the molecule is Fc1ccc(C(c2ccc(Cl)cc2)C(F)n2cncn2)cc1. The van der Waals surface area contributed by atoms with Crippen LogP contribution >= 0.6 is 11.6 Å². The first-order valence-electron chi connectivity index (χ1n) is 6.64. The van der Waals surface area contributed by atoms with E-state index < -0.39 is 12.2 Å². The minimum atomic E-state index is -1.46. The number of aromatic nitrogens is 3. The van der Waals surface area contributed by atoms with Crippen molar-refractivity contribution in [1.29, 1.82) is 0 Å². The number of nitrogens with zero attached hydrogens (tertiary/aromatic N) is 3. The summed E-state index contributed by atoms with van der Waals surface area (Å²) in [5.41, 5.74) is 1.37. The maximum Gasteiger partial charge on any atom is 0.204 e. The zero-order valence-corrected chi connectivity index (χ0v) is 12.2. The van der Waals surface area contributed by atoms with Crippen LogP contribution in [0.4, 0.5) is 8.78 Å². The lowest BCUT2D eigenvalue weighted by atomic mass is 9.90. The first kappa shape index (κ1) is 14.7. The van der Waals surface area contributed by atoms with E-state index in [9.17, 15) is 8.78 Å². The van der Waals surface area contributed by atoms with Gasteiger partial charge in [-0.05, 0) is 35.4 Å². The topological polar surface area (TPSA) is 30.7 Å². The highest BCUT2D eigenvalue weighted by Gasteiger charge is 2.27. The highest BCUT2D eigenvalue weighted by molar-refractivity contribution is 6.30. The van der Waals surface area contributed by atoms with Crippen molar-refractivity contribution < 1.29 is 8.78 Å². The van der Waals surface area contributed by atoms with E-state index in [0.29, 0.717) is 10.6 Å². The quantitative estimate of drug-likeness (QED) is 0.715. The summed E-state index contributed by atoms with van der Waals surface area (Å²) >= 11 is 5.89. The van der Waals surface area contributed by atoms with Crippen LogP contribution in [0, 0.1) is 5.82 Å². The highest BCUT2D eigenvalue weighted by atomic mass is 35.5. The number of benzene rings is 2. The van der Waals surface area contributed by atoms with Crippen LogP contribution < -0.4 is 0 Å². The molecule has 112 valence electrons. The van der Waals surface area contributed by atoms with Crippen molar-refractivity contribution in [3.8, 4) is 0 Å². The van der Waals surface area contributed by atoms with Gasteiger partial charge in [0.1, 0.15) is 18.5 Å². The molecule has 2 aromatic carbocycles. The molecular weight excluding hydrogens is 308 g/mol. The van der Waals surface area contributed by atoms with E-state index in [1.807, 2.05) is 0 Å². The second-order valence-electron chi connectivity index (χ2n) is 4.83. The van der Waals surface area contributed by atoms with Gasteiger partial charge in [0.25, 0.3) is 0 Å². The molecule has 0 saturated carbocycles. The minimum absolute atomic E-state index is 0.366. The van der Waals surface area contributed by atoms with Gasteiger partial charge in [-0.1, -0.05) is 35.9 Å². The van der Waals surface area contributed by atoms with Gasteiger partial charge in [0.05, 0.1) is 5.92 Å². The van der Waals surface area contributed by atoms with Crippen LogP contribution in [0.5, 0.6) is 0 Å². The molecule has 2 atom stereocenters. The van der Waals surface area contributed by atoms with Crippen LogP contribution in [-0.2, 0) is 0 Å². The molecule has 3 rings (SSSR count). The lowest BCUT2D eigenvalue weighted by Crippen LogP contribution is -2.16. The monoisotopic (exact) mass is 319 g/mol. The van der Waals surface area contributed by atoms with Gasteiger partial charge < -0.3 is 0 Å². The largest absolute Gasteiger partial charge is 0.223 e. The van der Waals surface area contributed by atoms with Gasteiger partial charge >= 0.3 is 0 Å². The molecule has 3 aromatic rings. The van der Waals surface area contributed by atoms with Crippen molar-refractivity contribution in [1.82, 2.24) is 14.8 Å². The Hall–Kier alpha value is -2.27. The Kier molecular flexibility index (Phi) is 4.15. The maximum atomic E-state index is 14.9. The smallest absolute Gasteiger partial charge is 0.204 e. The molecule has 0 radical (unpaired) electrons. The van der Waals surface area contributed by atoms with Crippen molar-refractivity contribution in [3.63, 3.8) is 0 Å². The third-order valence-corrected chi connectivity index (χ3v) is 3.67. The number of halogens is 3. The van der Waals surface area contributed by atoms with Gasteiger partial charge in [-0.15, -0.1) is 0 Å². The summed E-state index contributed by atoms with van der Waals surface area (Å²) in [6.45, 7) is 0. The van der Waals surface area contributed by atoms with Crippen LogP contribution in [-0.4, -0.2) is 14.8 Å². The fourth-order valence-corrected chi connectivity index (χ4v) is 2.47. The predicted molar refractivity (Wildman–Crippen MR) is 79.9 cm³/mol. The van der Waals surface area contributed by atoms with Crippen LogP contribution in [0.1, 0.15) is 23.3 Å². The van der Waals surface area contributed by atoms with Gasteiger partial charge in [0.2, 0.25) is 6.30 Å². The lowest BCUT2D eigenvalue weighted by molar-refractivity contribution is 0.194. The molecule has 3 nitrogen and oxygen atoms in total. The molecule has 0 aliphatic heterocycles. The fourth-order valence-electron chi connectivity index (χ4n) is 2.35. The van der Waals surface area contributed by atoms with E-state index in [4.69, 9.17) is 11.6 Å². The Balaban J connectivity index is 2.05. The van der Waals surface area contributed by atoms with Gasteiger partial charge in [-0.2, -0.15) is 5.10 Å². The summed E-state index contributed by atoms with van der Waals surface area (Å²) in [6, 6.07) is 12.7. The van der Waals surface area contributed by atoms with Crippen LogP contribution in [0.2, 0.25) is 5.02 Å². The first-order chi connectivity index (χ1) is 10.6. The third kappa shape index (κ3) is 2.99. The Morgan fingerprint density at radius 3 is 2.09 bits per heavy atom. The molecule has 0 N–H and O–H groups in total. The molecule has 0 aliphatic rings. The molecule has 1 heterocycles. The molecule has 0 bridgehead atoms. The minimum Gasteiger partial charge on any atom is -0.223 e. The van der Waals surface area contributed by atoms with Crippen LogP contribution in [0.15, 0.2) is 61.2 Å². The molecule has 0 aliphatic carbocycles. The number of rotatable bonds is 4. The molecule has 0 spiro atoms. The van der Waals surface area contributed by atoms with E-state index >= 15 is 0 Å². The van der Waals surface area contributed by atoms with E-state index in [0.717, 1.165) is 10.2 Å². The number of alkyl halides is 1. The van der Waals surface area contributed by atoms with Crippen molar-refractivity contribution >= 4 is 11.6 Å². The normalized spacial score (nSPS) is 13.8. The Morgan fingerprint density at radius 2 is 1.55 bits per heavy atom. The second-order valence-corrected chi connectivity index (χ2v) is 5.27. The Morgan fingerprint density at radius 1 is 0.955 bits per heavy atom. The molecular formula is C16H12ClF2N3. The molecule has 1 aromatic heterocycles. The second kappa shape index (κ2) is 6.23. The summed E-state index contributed by atoms with van der Waals surface area (Å²) in [5, 5.41) is 4.42. The van der Waals surface area contributed by atoms with Gasteiger partial charge in [-0.25, -0.2) is 18.4 Å². The molecule has 2 unspecified atom stereocenters. The molecule has 0 amide bonds. The average Bonchev–Trinajstić information content (AvgIpc) is 3.05. The molecule has 6 heteroatoms. The van der Waals surface area contributed by atoms with E-state index in [1.165, 1.54) is 24.8 Å². The van der Waals surface area contributed by atoms with Crippen molar-refractivity contribution in [2.45, 2.75) is 12.2 Å². The standard InChI is InChI=1S/C16H12ClF2N3/c17-13-5-1-11(2-6-13)15(12-3-7-14(18)8-4-12)16(19)22-10-20-9-21-22/h1-10,15-16H. The van der Waals surface area contributed by atoms with E-state index in [2.05, 4.69) is 10.1 Å². The molecule has 22 heavy (non-hydrogen) atoms. The predicted octanol–water partition coefficient (Wildman–Crippen LogP) is 4.37. The van der Waals surface area contributed by atoms with Crippen LogP contribution in [0.25, 0.3) is 0 Å². The number of hydrogen-bond acceptors (Lipinski definition) is 2. The van der Waals surface area contributed by atoms with Crippen molar-refractivity contribution in [2.24, 2.45) is 0 Å². The summed E-state index contributed by atoms with van der Waals surface area (Å²) in [6.07, 6.45) is 1.13. The van der Waals surface area contributed by atoms with E-state index in [1.54, 1.807) is 36.4 Å².